The molecule has 1 amide bonds. The minimum absolute atomic E-state index is 0.101. The largest absolute Gasteiger partial charge is 0.497 e. The number of rotatable bonds is 5. The molecule has 0 aromatic heterocycles. The Morgan fingerprint density at radius 2 is 1.88 bits per heavy atom. The summed E-state index contributed by atoms with van der Waals surface area (Å²) >= 11 is 7.50. The molecule has 1 aliphatic rings. The van der Waals surface area contributed by atoms with Gasteiger partial charge in [0.2, 0.25) is 5.91 Å². The predicted octanol–water partition coefficient (Wildman–Crippen LogP) is 4.85. The smallest absolute Gasteiger partial charge is 0.235 e. The van der Waals surface area contributed by atoms with Crippen molar-refractivity contribution in [1.29, 1.82) is 0 Å². The summed E-state index contributed by atoms with van der Waals surface area (Å²) in [5, 5.41) is 0.612. The molecule has 0 radical (unpaired) electrons. The summed E-state index contributed by atoms with van der Waals surface area (Å²) in [6, 6.07) is 15.8. The van der Waals surface area contributed by atoms with E-state index in [-0.39, 0.29) is 11.2 Å². The third-order valence-electron chi connectivity index (χ3n) is 4.56. The van der Waals surface area contributed by atoms with Crippen LogP contribution in [0.3, 0.4) is 0 Å². The first-order valence-electron chi connectivity index (χ1n) is 8.42. The zero-order valence-corrected chi connectivity index (χ0v) is 16.0. The standard InChI is InChI=1S/C20H22ClNO2S/c1-14(25-19-9-5-17(21)6-10-19)20(23)22-12-11-16(13-22)15-3-7-18(24-2)8-4-15/h3-10,14,16H,11-13H2,1-2H3. The van der Waals surface area contributed by atoms with E-state index in [9.17, 15) is 4.79 Å². The highest BCUT2D eigenvalue weighted by Gasteiger charge is 2.30. The molecule has 1 saturated heterocycles. The van der Waals surface area contributed by atoms with Crippen LogP contribution in [0.1, 0.15) is 24.8 Å². The van der Waals surface area contributed by atoms with Crippen LogP contribution < -0.4 is 4.74 Å². The van der Waals surface area contributed by atoms with Gasteiger partial charge < -0.3 is 9.64 Å². The van der Waals surface area contributed by atoms with Gasteiger partial charge in [-0.25, -0.2) is 0 Å². The molecule has 0 bridgehead atoms. The number of hydrogen-bond acceptors (Lipinski definition) is 3. The molecule has 0 aliphatic carbocycles. The number of ether oxygens (including phenoxy) is 1. The Morgan fingerprint density at radius 1 is 1.20 bits per heavy atom. The monoisotopic (exact) mass is 375 g/mol. The molecule has 132 valence electrons. The van der Waals surface area contributed by atoms with E-state index in [1.54, 1.807) is 18.9 Å². The Kier molecular flexibility index (Phi) is 5.92. The van der Waals surface area contributed by atoms with E-state index < -0.39 is 0 Å². The van der Waals surface area contributed by atoms with Gasteiger partial charge in [0.25, 0.3) is 0 Å². The van der Waals surface area contributed by atoms with E-state index in [1.807, 2.05) is 48.2 Å². The summed E-state index contributed by atoms with van der Waals surface area (Å²) in [4.78, 5) is 15.8. The lowest BCUT2D eigenvalue weighted by atomic mass is 9.98. The van der Waals surface area contributed by atoms with Crippen LogP contribution in [0.15, 0.2) is 53.4 Å². The maximum Gasteiger partial charge on any atom is 0.235 e. The molecule has 1 fully saturated rings. The summed E-state index contributed by atoms with van der Waals surface area (Å²) in [6.07, 6.45) is 1.01. The number of halogens is 1. The summed E-state index contributed by atoms with van der Waals surface area (Å²) in [5.74, 6) is 1.47. The van der Waals surface area contributed by atoms with Gasteiger partial charge in [0.15, 0.2) is 0 Å². The molecular formula is C20H22ClNO2S. The van der Waals surface area contributed by atoms with E-state index in [0.29, 0.717) is 10.9 Å². The first-order chi connectivity index (χ1) is 12.1. The van der Waals surface area contributed by atoms with Crippen molar-refractivity contribution in [2.45, 2.75) is 29.4 Å². The average Bonchev–Trinajstić information content (AvgIpc) is 3.13. The van der Waals surface area contributed by atoms with Gasteiger partial charge in [-0.1, -0.05) is 23.7 Å². The van der Waals surface area contributed by atoms with Crippen LogP contribution >= 0.6 is 23.4 Å². The van der Waals surface area contributed by atoms with Gasteiger partial charge in [0, 0.05) is 28.9 Å². The highest BCUT2D eigenvalue weighted by molar-refractivity contribution is 8.00. The van der Waals surface area contributed by atoms with Crippen molar-refractivity contribution in [2.24, 2.45) is 0 Å². The molecule has 25 heavy (non-hydrogen) atoms. The molecule has 1 aliphatic heterocycles. The molecule has 3 nitrogen and oxygen atoms in total. The molecule has 0 N–H and O–H groups in total. The Hall–Kier alpha value is -1.65. The SMILES string of the molecule is COc1ccc(C2CCN(C(=O)C(C)Sc3ccc(Cl)cc3)C2)cc1. The van der Waals surface area contributed by atoms with Crippen molar-refractivity contribution in [2.75, 3.05) is 20.2 Å². The minimum Gasteiger partial charge on any atom is -0.497 e. The first-order valence-corrected chi connectivity index (χ1v) is 9.67. The lowest BCUT2D eigenvalue weighted by Crippen LogP contribution is -2.34. The van der Waals surface area contributed by atoms with E-state index >= 15 is 0 Å². The number of methoxy groups -OCH3 is 1. The van der Waals surface area contributed by atoms with Crippen molar-refractivity contribution >= 4 is 29.3 Å². The molecule has 2 aromatic carbocycles. The topological polar surface area (TPSA) is 29.5 Å². The average molecular weight is 376 g/mol. The number of hydrogen-bond donors (Lipinski definition) is 0. The third-order valence-corrected chi connectivity index (χ3v) is 5.91. The zero-order valence-electron chi connectivity index (χ0n) is 14.4. The molecule has 2 unspecified atom stereocenters. The van der Waals surface area contributed by atoms with Crippen LogP contribution in [0, 0.1) is 0 Å². The second-order valence-corrected chi connectivity index (χ2v) is 8.11. The van der Waals surface area contributed by atoms with Crippen LogP contribution in [0.25, 0.3) is 0 Å². The summed E-state index contributed by atoms with van der Waals surface area (Å²) in [5.41, 5.74) is 1.27. The number of likely N-dealkylation sites (tertiary alicyclic amines) is 1. The maximum absolute atomic E-state index is 12.8. The first kappa shape index (κ1) is 18.2. The fraction of sp³-hybridized carbons (Fsp3) is 0.350. The Labute approximate surface area is 158 Å². The van der Waals surface area contributed by atoms with Crippen LogP contribution in [0.5, 0.6) is 5.75 Å². The number of benzene rings is 2. The number of carbonyl (C=O) groups is 1. The van der Waals surface area contributed by atoms with Gasteiger partial charge in [-0.15, -0.1) is 11.8 Å². The van der Waals surface area contributed by atoms with E-state index in [1.165, 1.54) is 5.56 Å². The van der Waals surface area contributed by atoms with Crippen LogP contribution in [-0.4, -0.2) is 36.3 Å². The third kappa shape index (κ3) is 4.50. The molecule has 1 heterocycles. The molecule has 0 saturated carbocycles. The molecular weight excluding hydrogens is 354 g/mol. The van der Waals surface area contributed by atoms with Gasteiger partial charge in [-0.2, -0.15) is 0 Å². The van der Waals surface area contributed by atoms with Crippen molar-refractivity contribution in [1.82, 2.24) is 4.90 Å². The van der Waals surface area contributed by atoms with Gasteiger partial charge in [0.1, 0.15) is 5.75 Å². The van der Waals surface area contributed by atoms with Crippen molar-refractivity contribution in [3.8, 4) is 5.75 Å². The van der Waals surface area contributed by atoms with E-state index in [4.69, 9.17) is 16.3 Å². The molecule has 2 aromatic rings. The fourth-order valence-corrected chi connectivity index (χ4v) is 4.21. The number of thioether (sulfide) groups is 1. The number of nitrogens with zero attached hydrogens (tertiary/aromatic N) is 1. The van der Waals surface area contributed by atoms with Gasteiger partial charge >= 0.3 is 0 Å². The Morgan fingerprint density at radius 3 is 2.52 bits per heavy atom. The molecule has 5 heteroatoms. The highest BCUT2D eigenvalue weighted by Crippen LogP contribution is 2.31. The normalized spacial score (nSPS) is 18.2. The quantitative estimate of drug-likeness (QED) is 0.700. The predicted molar refractivity (Wildman–Crippen MR) is 104 cm³/mol. The van der Waals surface area contributed by atoms with Crippen LogP contribution in [0.2, 0.25) is 5.02 Å². The molecule has 0 spiro atoms. The minimum atomic E-state index is -0.101. The Bertz CT molecular complexity index is 717. The van der Waals surface area contributed by atoms with Crippen molar-refractivity contribution < 1.29 is 9.53 Å². The Balaban J connectivity index is 1.58. The lowest BCUT2D eigenvalue weighted by Gasteiger charge is -2.21. The molecule has 3 rings (SSSR count). The fourth-order valence-electron chi connectivity index (χ4n) is 3.13. The summed E-state index contributed by atoms with van der Waals surface area (Å²) < 4.78 is 5.21. The van der Waals surface area contributed by atoms with Crippen molar-refractivity contribution in [3.63, 3.8) is 0 Å². The number of amides is 1. The van der Waals surface area contributed by atoms with Crippen molar-refractivity contribution in [3.05, 3.63) is 59.1 Å². The highest BCUT2D eigenvalue weighted by atomic mass is 35.5. The van der Waals surface area contributed by atoms with Gasteiger partial charge in [0.05, 0.1) is 12.4 Å². The number of carbonyl (C=O) groups excluding carboxylic acids is 1. The summed E-state index contributed by atoms with van der Waals surface area (Å²) in [7, 11) is 1.67. The van der Waals surface area contributed by atoms with Crippen LogP contribution in [-0.2, 0) is 4.79 Å². The molecule has 2 atom stereocenters. The van der Waals surface area contributed by atoms with Crippen LogP contribution in [0.4, 0.5) is 0 Å². The van der Waals surface area contributed by atoms with Gasteiger partial charge in [-0.05, 0) is 55.3 Å². The van der Waals surface area contributed by atoms with E-state index in [2.05, 4.69) is 12.1 Å². The van der Waals surface area contributed by atoms with E-state index in [0.717, 1.165) is 30.2 Å². The maximum atomic E-state index is 12.8. The zero-order chi connectivity index (χ0) is 17.8. The summed E-state index contributed by atoms with van der Waals surface area (Å²) in [6.45, 7) is 3.58. The second kappa shape index (κ2) is 8.15. The van der Waals surface area contributed by atoms with Gasteiger partial charge in [-0.3, -0.25) is 4.79 Å². The second-order valence-electron chi connectivity index (χ2n) is 6.26. The lowest BCUT2D eigenvalue weighted by molar-refractivity contribution is -0.129.